The number of rotatable bonds is 11. The quantitative estimate of drug-likeness (QED) is 0.469. The molecule has 0 aliphatic carbocycles. The lowest BCUT2D eigenvalue weighted by Gasteiger charge is -2.33. The highest BCUT2D eigenvalue weighted by Crippen LogP contribution is 2.31. The lowest BCUT2D eigenvalue weighted by molar-refractivity contribution is -0.140. The zero-order valence-electron chi connectivity index (χ0n) is 19.8. The second-order valence-corrected chi connectivity index (χ2v) is 10.8. The fourth-order valence-corrected chi connectivity index (χ4v) is 4.74. The van der Waals surface area contributed by atoms with Crippen molar-refractivity contribution in [2.24, 2.45) is 0 Å². The molecule has 1 atom stereocenters. The molecular weight excluding hydrogens is 497 g/mol. The zero-order valence-corrected chi connectivity index (χ0v) is 22.2. The van der Waals surface area contributed by atoms with Crippen molar-refractivity contribution < 1.29 is 18.0 Å². The summed E-state index contributed by atoms with van der Waals surface area (Å²) in [5, 5.41) is 3.26. The van der Waals surface area contributed by atoms with Crippen LogP contribution in [0.3, 0.4) is 0 Å². The van der Waals surface area contributed by atoms with E-state index in [9.17, 15) is 18.0 Å². The Labute approximate surface area is 212 Å². The molecule has 7 nitrogen and oxygen atoms in total. The standard InChI is InChI=1S/C24H31Cl2N3O4S/c1-5-13-27-24(31)21(6-2)28(15-18-9-7-17(3)8-10-18)23(30)16-29(34(4,32)33)22-14-19(25)11-12-20(22)26/h7-12,14,21H,5-6,13,15-16H2,1-4H3,(H,27,31). The number of halogens is 2. The molecule has 1 N–H and O–H groups in total. The van der Waals surface area contributed by atoms with Gasteiger partial charge < -0.3 is 10.2 Å². The van der Waals surface area contributed by atoms with Crippen molar-refractivity contribution in [1.82, 2.24) is 10.2 Å². The largest absolute Gasteiger partial charge is 0.354 e. The summed E-state index contributed by atoms with van der Waals surface area (Å²) in [5.41, 5.74) is 1.99. The Bertz CT molecular complexity index is 1110. The summed E-state index contributed by atoms with van der Waals surface area (Å²) in [6.07, 6.45) is 2.11. The highest BCUT2D eigenvalue weighted by molar-refractivity contribution is 7.92. The predicted octanol–water partition coefficient (Wildman–Crippen LogP) is 4.40. The second-order valence-electron chi connectivity index (χ2n) is 8.09. The van der Waals surface area contributed by atoms with Gasteiger partial charge in [-0.1, -0.05) is 66.9 Å². The van der Waals surface area contributed by atoms with Crippen molar-refractivity contribution >= 4 is 50.7 Å². The first-order chi connectivity index (χ1) is 16.0. The van der Waals surface area contributed by atoms with Crippen LogP contribution in [-0.2, 0) is 26.2 Å². The SMILES string of the molecule is CCCNC(=O)C(CC)N(Cc1ccc(C)cc1)C(=O)CN(c1cc(Cl)ccc1Cl)S(C)(=O)=O. The van der Waals surface area contributed by atoms with Gasteiger partial charge in [0.25, 0.3) is 0 Å². The van der Waals surface area contributed by atoms with E-state index in [-0.39, 0.29) is 28.2 Å². The number of aryl methyl sites for hydroxylation is 1. The monoisotopic (exact) mass is 527 g/mol. The highest BCUT2D eigenvalue weighted by atomic mass is 35.5. The molecule has 2 aromatic carbocycles. The van der Waals surface area contributed by atoms with E-state index in [1.165, 1.54) is 23.1 Å². The third-order valence-electron chi connectivity index (χ3n) is 5.26. The van der Waals surface area contributed by atoms with Crippen molar-refractivity contribution in [3.63, 3.8) is 0 Å². The minimum absolute atomic E-state index is 0.101. The van der Waals surface area contributed by atoms with Crippen molar-refractivity contribution in [2.45, 2.75) is 46.2 Å². The third kappa shape index (κ3) is 7.61. The molecule has 10 heteroatoms. The van der Waals surface area contributed by atoms with Crippen LogP contribution in [0.25, 0.3) is 0 Å². The maximum absolute atomic E-state index is 13.6. The summed E-state index contributed by atoms with van der Waals surface area (Å²) in [7, 11) is -3.89. The van der Waals surface area contributed by atoms with Crippen molar-refractivity contribution in [2.75, 3.05) is 23.7 Å². The first-order valence-corrected chi connectivity index (χ1v) is 13.6. The maximum Gasteiger partial charge on any atom is 0.244 e. The van der Waals surface area contributed by atoms with Crippen molar-refractivity contribution in [3.05, 3.63) is 63.6 Å². The van der Waals surface area contributed by atoms with Crippen molar-refractivity contribution in [1.29, 1.82) is 0 Å². The molecule has 2 rings (SSSR count). The summed E-state index contributed by atoms with van der Waals surface area (Å²) >= 11 is 12.3. The average molecular weight is 529 g/mol. The normalized spacial score (nSPS) is 12.2. The van der Waals surface area contributed by atoms with Crippen LogP contribution in [0.4, 0.5) is 5.69 Å². The molecule has 0 aliphatic rings. The summed E-state index contributed by atoms with van der Waals surface area (Å²) in [5.74, 6) is -0.808. The van der Waals surface area contributed by atoms with Gasteiger partial charge in [0.15, 0.2) is 0 Å². The van der Waals surface area contributed by atoms with Gasteiger partial charge in [0, 0.05) is 18.1 Å². The Morgan fingerprint density at radius 3 is 2.26 bits per heavy atom. The van der Waals surface area contributed by atoms with Gasteiger partial charge in [0.05, 0.1) is 17.0 Å². The molecule has 0 heterocycles. The van der Waals surface area contributed by atoms with E-state index < -0.39 is 28.5 Å². The van der Waals surface area contributed by atoms with Gasteiger partial charge in [-0.25, -0.2) is 8.42 Å². The number of nitrogens with one attached hydrogen (secondary N) is 1. The number of hydrogen-bond acceptors (Lipinski definition) is 4. The van der Waals surface area contributed by atoms with E-state index in [0.29, 0.717) is 13.0 Å². The molecule has 34 heavy (non-hydrogen) atoms. The molecule has 0 bridgehead atoms. The van der Waals surface area contributed by atoms with E-state index in [2.05, 4.69) is 5.32 Å². The molecule has 0 spiro atoms. The van der Waals surface area contributed by atoms with Crippen LogP contribution >= 0.6 is 23.2 Å². The minimum atomic E-state index is -3.89. The predicted molar refractivity (Wildman–Crippen MR) is 138 cm³/mol. The van der Waals surface area contributed by atoms with E-state index in [0.717, 1.165) is 28.1 Å². The molecule has 0 aromatic heterocycles. The van der Waals surface area contributed by atoms with Gasteiger partial charge in [-0.2, -0.15) is 0 Å². The summed E-state index contributed by atoms with van der Waals surface area (Å²) < 4.78 is 26.2. The minimum Gasteiger partial charge on any atom is -0.354 e. The van der Waals surface area contributed by atoms with Crippen molar-refractivity contribution in [3.8, 4) is 0 Å². The lowest BCUT2D eigenvalue weighted by atomic mass is 10.1. The van der Waals surface area contributed by atoms with Crippen LogP contribution in [0.5, 0.6) is 0 Å². The molecule has 0 saturated heterocycles. The van der Waals surface area contributed by atoms with Crippen LogP contribution in [0.15, 0.2) is 42.5 Å². The van der Waals surface area contributed by atoms with Crippen LogP contribution in [-0.4, -0.2) is 50.5 Å². The van der Waals surface area contributed by atoms with Gasteiger partial charge in [0.2, 0.25) is 21.8 Å². The molecule has 0 aliphatic heterocycles. The zero-order chi connectivity index (χ0) is 25.5. The van der Waals surface area contributed by atoms with Gasteiger partial charge in [0.1, 0.15) is 12.6 Å². The van der Waals surface area contributed by atoms with Gasteiger partial charge in [-0.15, -0.1) is 0 Å². The second kappa shape index (κ2) is 12.4. The number of nitrogens with zero attached hydrogens (tertiary/aromatic N) is 2. The van der Waals surface area contributed by atoms with E-state index in [4.69, 9.17) is 23.2 Å². The number of carbonyl (C=O) groups is 2. The molecule has 2 aromatic rings. The summed E-state index contributed by atoms with van der Waals surface area (Å²) in [6, 6.07) is 11.2. The Balaban J connectivity index is 2.45. The number of hydrogen-bond donors (Lipinski definition) is 1. The first kappa shape index (κ1) is 28.0. The Morgan fingerprint density at radius 1 is 1.06 bits per heavy atom. The fraction of sp³-hybridized carbons (Fsp3) is 0.417. The molecule has 186 valence electrons. The maximum atomic E-state index is 13.6. The van der Waals surface area contributed by atoms with Crippen LogP contribution in [0, 0.1) is 6.92 Å². The van der Waals surface area contributed by atoms with Crippen LogP contribution < -0.4 is 9.62 Å². The summed E-state index contributed by atoms with van der Waals surface area (Å²) in [6.45, 7) is 5.82. The van der Waals surface area contributed by atoms with E-state index in [1.54, 1.807) is 0 Å². The molecular formula is C24H31Cl2N3O4S. The number of benzene rings is 2. The molecule has 0 saturated carbocycles. The Kier molecular flexibility index (Phi) is 10.2. The molecule has 0 radical (unpaired) electrons. The smallest absolute Gasteiger partial charge is 0.244 e. The topological polar surface area (TPSA) is 86.8 Å². The molecule has 0 fully saturated rings. The Morgan fingerprint density at radius 2 is 1.71 bits per heavy atom. The molecule has 1 unspecified atom stereocenters. The number of carbonyl (C=O) groups excluding carboxylic acids is 2. The average Bonchev–Trinajstić information content (AvgIpc) is 2.78. The fourth-order valence-electron chi connectivity index (χ4n) is 3.45. The third-order valence-corrected chi connectivity index (χ3v) is 6.95. The lowest BCUT2D eigenvalue weighted by Crippen LogP contribution is -2.52. The first-order valence-electron chi connectivity index (χ1n) is 11.0. The number of sulfonamides is 1. The van der Waals surface area contributed by atoms with Gasteiger partial charge in [-0.05, 0) is 43.5 Å². The number of anilines is 1. The van der Waals surface area contributed by atoms with Crippen LogP contribution in [0.2, 0.25) is 10.0 Å². The van der Waals surface area contributed by atoms with E-state index >= 15 is 0 Å². The van der Waals surface area contributed by atoms with E-state index in [1.807, 2.05) is 45.0 Å². The van der Waals surface area contributed by atoms with Gasteiger partial charge in [-0.3, -0.25) is 13.9 Å². The highest BCUT2D eigenvalue weighted by Gasteiger charge is 2.32. The molecule has 2 amide bonds. The Hall–Kier alpha value is -2.29. The van der Waals surface area contributed by atoms with Crippen LogP contribution in [0.1, 0.15) is 37.8 Å². The summed E-state index contributed by atoms with van der Waals surface area (Å²) in [4.78, 5) is 27.9. The number of amides is 2. The van der Waals surface area contributed by atoms with Gasteiger partial charge >= 0.3 is 0 Å².